The van der Waals surface area contributed by atoms with Gasteiger partial charge >= 0.3 is 0 Å². The highest BCUT2D eigenvalue weighted by Gasteiger charge is 2.23. The summed E-state index contributed by atoms with van der Waals surface area (Å²) in [5.41, 5.74) is 2.58. The van der Waals surface area contributed by atoms with Gasteiger partial charge in [0.1, 0.15) is 0 Å². The molecule has 0 aliphatic heterocycles. The van der Waals surface area contributed by atoms with Crippen LogP contribution in [0.25, 0.3) is 0 Å². The minimum Gasteiger partial charge on any atom is -0.370 e. The van der Waals surface area contributed by atoms with Crippen LogP contribution in [0, 0.1) is 6.92 Å². The van der Waals surface area contributed by atoms with Crippen LogP contribution >= 0.6 is 0 Å². The molecule has 17 heavy (non-hydrogen) atoms. The van der Waals surface area contributed by atoms with Gasteiger partial charge in [-0.2, -0.15) is 0 Å². The van der Waals surface area contributed by atoms with Gasteiger partial charge in [0.25, 0.3) is 0 Å². The van der Waals surface area contributed by atoms with Gasteiger partial charge in [0.05, 0.1) is 12.2 Å². The molecule has 1 fully saturated rings. The van der Waals surface area contributed by atoms with Crippen molar-refractivity contribution in [3.8, 4) is 0 Å². The first-order valence-electron chi connectivity index (χ1n) is 6.60. The van der Waals surface area contributed by atoms with Crippen LogP contribution in [0.3, 0.4) is 0 Å². The molecule has 0 bridgehead atoms. The second kappa shape index (κ2) is 5.65. The van der Waals surface area contributed by atoms with E-state index in [0.29, 0.717) is 0 Å². The van der Waals surface area contributed by atoms with Crippen molar-refractivity contribution in [3.05, 3.63) is 35.4 Å². The van der Waals surface area contributed by atoms with Crippen molar-refractivity contribution in [2.24, 2.45) is 0 Å². The van der Waals surface area contributed by atoms with Gasteiger partial charge in [0.15, 0.2) is 0 Å². The Morgan fingerprint density at radius 3 is 2.71 bits per heavy atom. The second-order valence-corrected chi connectivity index (χ2v) is 5.27. The fourth-order valence-corrected chi connectivity index (χ4v) is 2.00. The monoisotopic (exact) mass is 233 g/mol. The normalized spacial score (nSPS) is 17.4. The van der Waals surface area contributed by atoms with Crippen LogP contribution in [-0.2, 0) is 4.74 Å². The molecule has 1 aliphatic carbocycles. The van der Waals surface area contributed by atoms with Gasteiger partial charge in [-0.15, -0.1) is 0 Å². The molecular weight excluding hydrogens is 210 g/mol. The van der Waals surface area contributed by atoms with Crippen molar-refractivity contribution >= 4 is 0 Å². The summed E-state index contributed by atoms with van der Waals surface area (Å²) in [6.45, 7) is 7.25. The van der Waals surface area contributed by atoms with E-state index in [1.807, 2.05) is 0 Å². The van der Waals surface area contributed by atoms with Crippen LogP contribution < -0.4 is 5.32 Å². The predicted octanol–water partition coefficient (Wildman–Crippen LogP) is 3.21. The van der Waals surface area contributed by atoms with Gasteiger partial charge in [-0.1, -0.05) is 29.8 Å². The summed E-state index contributed by atoms with van der Waals surface area (Å²) < 4.78 is 6.01. The van der Waals surface area contributed by atoms with Gasteiger partial charge < -0.3 is 10.1 Å². The predicted molar refractivity (Wildman–Crippen MR) is 71.2 cm³/mol. The molecule has 0 radical (unpaired) electrons. The Morgan fingerprint density at radius 2 is 2.12 bits per heavy atom. The SMILES string of the molecule is Cc1cccc(C(CNC2CC2)OC(C)C)c1. The molecule has 2 rings (SSSR count). The summed E-state index contributed by atoms with van der Waals surface area (Å²) in [5.74, 6) is 0. The fourth-order valence-electron chi connectivity index (χ4n) is 2.00. The number of rotatable bonds is 6. The molecule has 1 aliphatic rings. The molecule has 0 saturated heterocycles. The van der Waals surface area contributed by atoms with E-state index in [9.17, 15) is 0 Å². The Morgan fingerprint density at radius 1 is 1.35 bits per heavy atom. The molecule has 2 nitrogen and oxygen atoms in total. The Labute approximate surface area is 104 Å². The Bertz CT molecular complexity index is 358. The van der Waals surface area contributed by atoms with Crippen molar-refractivity contribution in [1.82, 2.24) is 5.32 Å². The average Bonchev–Trinajstić information content (AvgIpc) is 3.07. The van der Waals surface area contributed by atoms with Gasteiger partial charge in [-0.3, -0.25) is 0 Å². The molecule has 1 aromatic carbocycles. The number of ether oxygens (including phenoxy) is 1. The lowest BCUT2D eigenvalue weighted by molar-refractivity contribution is 0.00690. The van der Waals surface area contributed by atoms with Crippen LogP contribution in [0.2, 0.25) is 0 Å². The van der Waals surface area contributed by atoms with Crippen LogP contribution in [0.15, 0.2) is 24.3 Å². The van der Waals surface area contributed by atoms with E-state index in [1.54, 1.807) is 0 Å². The van der Waals surface area contributed by atoms with Crippen LogP contribution in [-0.4, -0.2) is 18.7 Å². The number of hydrogen-bond donors (Lipinski definition) is 1. The summed E-state index contributed by atoms with van der Waals surface area (Å²) in [4.78, 5) is 0. The lowest BCUT2D eigenvalue weighted by atomic mass is 10.1. The largest absolute Gasteiger partial charge is 0.370 e. The first kappa shape index (κ1) is 12.6. The lowest BCUT2D eigenvalue weighted by Gasteiger charge is -2.21. The maximum Gasteiger partial charge on any atom is 0.0952 e. The molecule has 1 atom stereocenters. The van der Waals surface area contributed by atoms with E-state index < -0.39 is 0 Å². The zero-order valence-electron chi connectivity index (χ0n) is 11.1. The molecular formula is C15H23NO. The van der Waals surface area contributed by atoms with E-state index in [0.717, 1.165) is 12.6 Å². The van der Waals surface area contributed by atoms with Gasteiger partial charge in [-0.25, -0.2) is 0 Å². The van der Waals surface area contributed by atoms with Crippen molar-refractivity contribution in [2.45, 2.75) is 51.9 Å². The molecule has 2 heteroatoms. The fraction of sp³-hybridized carbons (Fsp3) is 0.600. The number of nitrogens with one attached hydrogen (secondary N) is 1. The molecule has 1 unspecified atom stereocenters. The summed E-state index contributed by atoms with van der Waals surface area (Å²) in [6.07, 6.45) is 3.08. The Hall–Kier alpha value is -0.860. The molecule has 1 aromatic rings. The molecule has 0 amide bonds. The molecule has 0 spiro atoms. The quantitative estimate of drug-likeness (QED) is 0.814. The van der Waals surface area contributed by atoms with Crippen molar-refractivity contribution in [3.63, 3.8) is 0 Å². The summed E-state index contributed by atoms with van der Waals surface area (Å²) in [5, 5.41) is 3.55. The van der Waals surface area contributed by atoms with E-state index in [1.165, 1.54) is 24.0 Å². The number of benzene rings is 1. The van der Waals surface area contributed by atoms with Gasteiger partial charge in [0.2, 0.25) is 0 Å². The van der Waals surface area contributed by atoms with Crippen LogP contribution in [0.4, 0.5) is 0 Å². The number of aryl methyl sites for hydroxylation is 1. The topological polar surface area (TPSA) is 21.3 Å². The smallest absolute Gasteiger partial charge is 0.0952 e. The zero-order valence-corrected chi connectivity index (χ0v) is 11.1. The molecule has 1 saturated carbocycles. The third-order valence-electron chi connectivity index (χ3n) is 3.02. The number of hydrogen-bond acceptors (Lipinski definition) is 2. The van der Waals surface area contributed by atoms with Gasteiger partial charge in [-0.05, 0) is 39.2 Å². The molecule has 94 valence electrons. The molecule has 0 aromatic heterocycles. The summed E-state index contributed by atoms with van der Waals surface area (Å²) in [6, 6.07) is 9.36. The second-order valence-electron chi connectivity index (χ2n) is 5.27. The minimum atomic E-state index is 0.176. The first-order valence-corrected chi connectivity index (χ1v) is 6.60. The third kappa shape index (κ3) is 4.14. The standard InChI is InChI=1S/C15H23NO/c1-11(2)17-15(10-16-14-7-8-14)13-6-4-5-12(3)9-13/h4-6,9,11,14-16H,7-8,10H2,1-3H3. The highest BCUT2D eigenvalue weighted by atomic mass is 16.5. The van der Waals surface area contributed by atoms with Crippen molar-refractivity contribution in [2.75, 3.05) is 6.54 Å². The van der Waals surface area contributed by atoms with Crippen LogP contribution in [0.5, 0.6) is 0 Å². The van der Waals surface area contributed by atoms with E-state index >= 15 is 0 Å². The van der Waals surface area contributed by atoms with Gasteiger partial charge in [0, 0.05) is 12.6 Å². The molecule has 1 N–H and O–H groups in total. The summed E-state index contributed by atoms with van der Waals surface area (Å²) in [7, 11) is 0. The maximum absolute atomic E-state index is 6.01. The molecule has 0 heterocycles. The van der Waals surface area contributed by atoms with Crippen LogP contribution in [0.1, 0.15) is 43.9 Å². The first-order chi connectivity index (χ1) is 8.15. The summed E-state index contributed by atoms with van der Waals surface area (Å²) >= 11 is 0. The third-order valence-corrected chi connectivity index (χ3v) is 3.02. The van der Waals surface area contributed by atoms with E-state index in [2.05, 4.69) is 50.4 Å². The van der Waals surface area contributed by atoms with Crippen molar-refractivity contribution in [1.29, 1.82) is 0 Å². The highest BCUT2D eigenvalue weighted by Crippen LogP contribution is 2.23. The van der Waals surface area contributed by atoms with E-state index in [-0.39, 0.29) is 12.2 Å². The van der Waals surface area contributed by atoms with Crippen molar-refractivity contribution < 1.29 is 4.74 Å². The zero-order chi connectivity index (χ0) is 12.3. The lowest BCUT2D eigenvalue weighted by Crippen LogP contribution is -2.26. The highest BCUT2D eigenvalue weighted by molar-refractivity contribution is 5.24. The van der Waals surface area contributed by atoms with E-state index in [4.69, 9.17) is 4.74 Å². The maximum atomic E-state index is 6.01. The Kier molecular flexibility index (Phi) is 4.19. The average molecular weight is 233 g/mol. The Balaban J connectivity index is 2.01. The minimum absolute atomic E-state index is 0.176.